The molecule has 4 rings (SSSR count). The highest BCUT2D eigenvalue weighted by Gasteiger charge is 2.22. The van der Waals surface area contributed by atoms with E-state index in [0.29, 0.717) is 23.5 Å². The Morgan fingerprint density at radius 2 is 2.12 bits per heavy atom. The minimum Gasteiger partial charge on any atom is -0.258 e. The van der Waals surface area contributed by atoms with Gasteiger partial charge in [-0.1, -0.05) is 6.92 Å². The first-order valence-electron chi connectivity index (χ1n) is 7.30. The fraction of sp³-hybridized carbons (Fsp3) is 0.308. The zero-order valence-electron chi connectivity index (χ0n) is 12.9. The average molecular weight is 327 g/mol. The van der Waals surface area contributed by atoms with Gasteiger partial charge in [0.25, 0.3) is 0 Å². The minimum atomic E-state index is -0.476. The number of hydrogen-bond acceptors (Lipinski definition) is 7. The summed E-state index contributed by atoms with van der Waals surface area (Å²) in [5.74, 6) is 0.522. The smallest absolute Gasteiger partial charge is 0.258 e. The van der Waals surface area contributed by atoms with Crippen molar-refractivity contribution in [2.45, 2.75) is 19.4 Å². The zero-order chi connectivity index (χ0) is 16.8. The molecule has 4 heterocycles. The lowest BCUT2D eigenvalue weighted by atomic mass is 10.2. The van der Waals surface area contributed by atoms with Gasteiger partial charge in [-0.15, -0.1) is 5.10 Å². The Morgan fingerprint density at radius 1 is 1.29 bits per heavy atom. The van der Waals surface area contributed by atoms with Gasteiger partial charge in [0.2, 0.25) is 0 Å². The van der Waals surface area contributed by atoms with Gasteiger partial charge in [0, 0.05) is 7.05 Å². The first-order chi connectivity index (χ1) is 11.6. The summed E-state index contributed by atoms with van der Waals surface area (Å²) in [4.78, 5) is 19.3. The van der Waals surface area contributed by atoms with E-state index in [1.165, 1.54) is 17.1 Å². The Labute approximate surface area is 134 Å². The van der Waals surface area contributed by atoms with E-state index >= 15 is 0 Å². The van der Waals surface area contributed by atoms with Crippen LogP contribution < -0.4 is 0 Å². The molecular weight excluding hydrogens is 314 g/mol. The summed E-state index contributed by atoms with van der Waals surface area (Å²) in [6.07, 6.45) is 6.51. The topological polar surface area (TPSA) is 122 Å². The molecule has 0 aliphatic carbocycles. The second kappa shape index (κ2) is 5.08. The van der Waals surface area contributed by atoms with Crippen LogP contribution in [0.4, 0.5) is 5.69 Å². The van der Waals surface area contributed by atoms with E-state index in [9.17, 15) is 10.1 Å². The first-order valence-corrected chi connectivity index (χ1v) is 7.30. The molecule has 0 aliphatic rings. The standard InChI is InChI=1S/C13H13N9O2/c1-3-10(20-6-8(4-16-20)22(23)24)11-17-13-9-5-15-19(2)12(9)14-7-21(13)18-11/h4-7,10H,3H2,1-2H3/t10-/m0/s1. The van der Waals surface area contributed by atoms with Crippen LogP contribution in [0.25, 0.3) is 16.7 Å². The van der Waals surface area contributed by atoms with E-state index in [-0.39, 0.29) is 11.7 Å². The molecule has 4 aromatic rings. The molecule has 4 aromatic heterocycles. The number of nitrogens with zero attached hydrogens (tertiary/aromatic N) is 9. The molecule has 0 N–H and O–H groups in total. The van der Waals surface area contributed by atoms with E-state index < -0.39 is 4.92 Å². The van der Waals surface area contributed by atoms with Crippen LogP contribution in [-0.2, 0) is 7.05 Å². The summed E-state index contributed by atoms with van der Waals surface area (Å²) in [5, 5.41) is 24.3. The molecule has 0 radical (unpaired) electrons. The van der Waals surface area contributed by atoms with Crippen molar-refractivity contribution in [1.82, 2.24) is 39.1 Å². The quantitative estimate of drug-likeness (QED) is 0.406. The van der Waals surface area contributed by atoms with Gasteiger partial charge in [-0.3, -0.25) is 19.5 Å². The van der Waals surface area contributed by atoms with Gasteiger partial charge >= 0.3 is 5.69 Å². The lowest BCUT2D eigenvalue weighted by Crippen LogP contribution is -2.12. The first kappa shape index (κ1) is 14.2. The molecule has 0 aromatic carbocycles. The minimum absolute atomic E-state index is 0.0615. The third kappa shape index (κ3) is 2.01. The molecule has 24 heavy (non-hydrogen) atoms. The Bertz CT molecular complexity index is 1060. The molecule has 0 saturated carbocycles. The predicted molar refractivity (Wildman–Crippen MR) is 82.4 cm³/mol. The SMILES string of the molecule is CC[C@@H](c1nc2c3cnn(C)c3ncn2n1)n1cc([N+](=O)[O-])cn1. The molecule has 11 nitrogen and oxygen atoms in total. The molecule has 0 bridgehead atoms. The Morgan fingerprint density at radius 3 is 2.83 bits per heavy atom. The Balaban J connectivity index is 1.84. The highest BCUT2D eigenvalue weighted by atomic mass is 16.6. The van der Waals surface area contributed by atoms with Gasteiger partial charge in [0.15, 0.2) is 17.1 Å². The van der Waals surface area contributed by atoms with Crippen molar-refractivity contribution >= 4 is 22.4 Å². The largest absolute Gasteiger partial charge is 0.307 e. The van der Waals surface area contributed by atoms with Crippen molar-refractivity contribution in [3.8, 4) is 0 Å². The maximum Gasteiger partial charge on any atom is 0.307 e. The zero-order valence-corrected chi connectivity index (χ0v) is 12.9. The number of rotatable bonds is 4. The molecule has 0 spiro atoms. The fourth-order valence-corrected chi connectivity index (χ4v) is 2.68. The number of hydrogen-bond donors (Lipinski definition) is 0. The summed E-state index contributed by atoms with van der Waals surface area (Å²) in [7, 11) is 1.81. The Hall–Kier alpha value is -3.37. The van der Waals surface area contributed by atoms with Gasteiger partial charge < -0.3 is 0 Å². The number of aromatic nitrogens is 8. The van der Waals surface area contributed by atoms with Crippen molar-refractivity contribution in [3.63, 3.8) is 0 Å². The summed E-state index contributed by atoms with van der Waals surface area (Å²) >= 11 is 0. The van der Waals surface area contributed by atoms with Crippen LogP contribution in [0.3, 0.4) is 0 Å². The lowest BCUT2D eigenvalue weighted by Gasteiger charge is -2.10. The molecule has 0 saturated heterocycles. The molecular formula is C13H13N9O2. The predicted octanol–water partition coefficient (Wildman–Crippen LogP) is 1.12. The number of nitro groups is 1. The normalized spacial score (nSPS) is 12.9. The van der Waals surface area contributed by atoms with Crippen LogP contribution in [-0.4, -0.2) is 44.1 Å². The van der Waals surface area contributed by atoms with Crippen molar-refractivity contribution < 1.29 is 4.92 Å². The maximum atomic E-state index is 10.9. The van der Waals surface area contributed by atoms with Crippen molar-refractivity contribution in [2.24, 2.45) is 7.05 Å². The third-order valence-corrected chi connectivity index (χ3v) is 3.89. The summed E-state index contributed by atoms with van der Waals surface area (Å²) < 4.78 is 4.76. The van der Waals surface area contributed by atoms with Crippen LogP contribution in [0.2, 0.25) is 0 Å². The van der Waals surface area contributed by atoms with Crippen LogP contribution in [0.1, 0.15) is 25.2 Å². The maximum absolute atomic E-state index is 10.9. The molecule has 11 heteroatoms. The van der Waals surface area contributed by atoms with Crippen molar-refractivity contribution in [2.75, 3.05) is 0 Å². The van der Waals surface area contributed by atoms with E-state index in [4.69, 9.17) is 0 Å². The van der Waals surface area contributed by atoms with E-state index in [1.807, 2.05) is 6.92 Å². The van der Waals surface area contributed by atoms with Gasteiger partial charge in [0.05, 0.1) is 16.5 Å². The highest BCUT2D eigenvalue weighted by molar-refractivity contribution is 5.88. The number of fused-ring (bicyclic) bond motifs is 3. The van der Waals surface area contributed by atoms with E-state index in [0.717, 1.165) is 5.39 Å². The van der Waals surface area contributed by atoms with Crippen LogP contribution >= 0.6 is 0 Å². The van der Waals surface area contributed by atoms with Crippen LogP contribution in [0.5, 0.6) is 0 Å². The molecule has 0 amide bonds. The molecule has 1 atom stereocenters. The Kier molecular flexibility index (Phi) is 3.01. The van der Waals surface area contributed by atoms with Crippen LogP contribution in [0.15, 0.2) is 24.9 Å². The molecule has 0 unspecified atom stereocenters. The second-order valence-electron chi connectivity index (χ2n) is 5.35. The summed E-state index contributed by atoms with van der Waals surface area (Å²) in [6, 6.07) is -0.301. The van der Waals surface area contributed by atoms with E-state index in [2.05, 4.69) is 25.3 Å². The monoisotopic (exact) mass is 327 g/mol. The average Bonchev–Trinajstić information content (AvgIpc) is 3.26. The fourth-order valence-electron chi connectivity index (χ4n) is 2.68. The van der Waals surface area contributed by atoms with Crippen molar-refractivity contribution in [1.29, 1.82) is 0 Å². The summed E-state index contributed by atoms with van der Waals surface area (Å²) in [5.41, 5.74) is 1.29. The molecule has 122 valence electrons. The van der Waals surface area contributed by atoms with Gasteiger partial charge in [-0.25, -0.2) is 14.5 Å². The number of aryl methyl sites for hydroxylation is 1. The van der Waals surface area contributed by atoms with Gasteiger partial charge in [-0.2, -0.15) is 10.2 Å². The second-order valence-corrected chi connectivity index (χ2v) is 5.35. The third-order valence-electron chi connectivity index (χ3n) is 3.89. The van der Waals surface area contributed by atoms with Crippen molar-refractivity contribution in [3.05, 3.63) is 40.9 Å². The lowest BCUT2D eigenvalue weighted by molar-refractivity contribution is -0.385. The highest BCUT2D eigenvalue weighted by Crippen LogP contribution is 2.23. The van der Waals surface area contributed by atoms with Crippen LogP contribution in [0, 0.1) is 10.1 Å². The summed E-state index contributed by atoms with van der Waals surface area (Å²) in [6.45, 7) is 1.95. The van der Waals surface area contributed by atoms with Gasteiger partial charge in [0.1, 0.15) is 24.8 Å². The molecule has 0 fully saturated rings. The van der Waals surface area contributed by atoms with Gasteiger partial charge in [-0.05, 0) is 6.42 Å². The van der Waals surface area contributed by atoms with E-state index in [1.54, 1.807) is 28.8 Å². The molecule has 0 aliphatic heterocycles.